The van der Waals surface area contributed by atoms with Crippen LogP contribution >= 0.6 is 0 Å². The molecule has 1 heterocycles. The van der Waals surface area contributed by atoms with Gasteiger partial charge < -0.3 is 14.9 Å². The maximum Gasteiger partial charge on any atom is 0.261 e. The molecule has 0 aliphatic carbocycles. The second-order valence-electron chi connectivity index (χ2n) is 4.17. The number of carbonyl (C=O) groups excluding carboxylic acids is 1. The molecular weight excluding hydrogens is 232 g/mol. The number of amides is 1. The van der Waals surface area contributed by atoms with Crippen LogP contribution in [0.25, 0.3) is 0 Å². The Morgan fingerprint density at radius 3 is 2.61 bits per heavy atom. The Balaban J connectivity index is 2.27. The van der Waals surface area contributed by atoms with Crippen LogP contribution in [0.2, 0.25) is 0 Å². The Morgan fingerprint density at radius 2 is 2.06 bits per heavy atom. The lowest BCUT2D eigenvalue weighted by atomic mass is 10.1. The van der Waals surface area contributed by atoms with Crippen LogP contribution in [0.4, 0.5) is 5.69 Å². The number of carbonyl (C=O) groups is 1. The van der Waals surface area contributed by atoms with Gasteiger partial charge in [-0.3, -0.25) is 4.79 Å². The second-order valence-corrected chi connectivity index (χ2v) is 4.17. The zero-order valence-corrected chi connectivity index (χ0v) is 10.4. The van der Waals surface area contributed by atoms with E-state index in [1.165, 1.54) is 0 Å². The number of anilines is 1. The zero-order chi connectivity index (χ0) is 13.3. The summed E-state index contributed by atoms with van der Waals surface area (Å²) in [5, 5.41) is 16.1. The molecule has 94 valence electrons. The molecule has 0 fully saturated rings. The van der Waals surface area contributed by atoms with Crippen LogP contribution in [0.5, 0.6) is 5.75 Å². The number of nitrogens with zero attached hydrogens (tertiary/aromatic N) is 1. The van der Waals surface area contributed by atoms with Crippen LogP contribution in [0, 0.1) is 20.8 Å². The van der Waals surface area contributed by atoms with Crippen LogP contribution in [0.15, 0.2) is 22.7 Å². The van der Waals surface area contributed by atoms with E-state index in [2.05, 4.69) is 10.5 Å². The number of aromatic nitrogens is 1. The van der Waals surface area contributed by atoms with E-state index in [9.17, 15) is 9.90 Å². The van der Waals surface area contributed by atoms with Gasteiger partial charge in [-0.15, -0.1) is 0 Å². The maximum atomic E-state index is 12.0. The van der Waals surface area contributed by atoms with Gasteiger partial charge in [-0.25, -0.2) is 0 Å². The highest BCUT2D eigenvalue weighted by Gasteiger charge is 2.18. The van der Waals surface area contributed by atoms with Gasteiger partial charge in [0.2, 0.25) is 0 Å². The van der Waals surface area contributed by atoms with E-state index in [4.69, 9.17) is 4.52 Å². The fourth-order valence-electron chi connectivity index (χ4n) is 1.74. The average Bonchev–Trinajstić information content (AvgIpc) is 2.62. The van der Waals surface area contributed by atoms with Crippen LogP contribution in [0.1, 0.15) is 27.4 Å². The molecule has 1 aromatic carbocycles. The number of phenolic OH excluding ortho intramolecular Hbond substituents is 1. The van der Waals surface area contributed by atoms with Crippen molar-refractivity contribution in [1.82, 2.24) is 5.16 Å². The van der Waals surface area contributed by atoms with Gasteiger partial charge >= 0.3 is 0 Å². The average molecular weight is 246 g/mol. The number of benzene rings is 1. The first kappa shape index (κ1) is 12.2. The summed E-state index contributed by atoms with van der Waals surface area (Å²) in [5.41, 5.74) is 2.21. The molecule has 5 nitrogen and oxygen atoms in total. The quantitative estimate of drug-likeness (QED) is 0.798. The van der Waals surface area contributed by atoms with Crippen molar-refractivity contribution < 1.29 is 14.4 Å². The topological polar surface area (TPSA) is 75.4 Å². The Labute approximate surface area is 104 Å². The van der Waals surface area contributed by atoms with Crippen molar-refractivity contribution in [3.05, 3.63) is 40.8 Å². The van der Waals surface area contributed by atoms with E-state index in [1.807, 2.05) is 13.0 Å². The molecule has 0 spiro atoms. The lowest BCUT2D eigenvalue weighted by Gasteiger charge is -2.07. The highest BCUT2D eigenvalue weighted by atomic mass is 16.5. The van der Waals surface area contributed by atoms with Crippen molar-refractivity contribution in [1.29, 1.82) is 0 Å². The summed E-state index contributed by atoms with van der Waals surface area (Å²) in [6.07, 6.45) is 0. The summed E-state index contributed by atoms with van der Waals surface area (Å²) in [6, 6.07) is 5.05. The monoisotopic (exact) mass is 246 g/mol. The molecule has 18 heavy (non-hydrogen) atoms. The fourth-order valence-corrected chi connectivity index (χ4v) is 1.74. The number of nitrogens with one attached hydrogen (secondary N) is 1. The lowest BCUT2D eigenvalue weighted by molar-refractivity contribution is 0.102. The van der Waals surface area contributed by atoms with Crippen molar-refractivity contribution in [3.63, 3.8) is 0 Å². The van der Waals surface area contributed by atoms with E-state index in [-0.39, 0.29) is 11.7 Å². The molecule has 1 amide bonds. The summed E-state index contributed by atoms with van der Waals surface area (Å²) in [6.45, 7) is 5.23. The normalized spacial score (nSPS) is 10.4. The molecule has 0 bridgehead atoms. The first-order valence-electron chi connectivity index (χ1n) is 5.53. The molecule has 0 aliphatic rings. The van der Waals surface area contributed by atoms with Gasteiger partial charge in [-0.2, -0.15) is 0 Å². The van der Waals surface area contributed by atoms with Gasteiger partial charge in [0.05, 0.1) is 11.4 Å². The Hall–Kier alpha value is -2.30. The molecule has 0 aliphatic heterocycles. The molecule has 2 N–H and O–H groups in total. The predicted octanol–water partition coefficient (Wildman–Crippen LogP) is 2.56. The van der Waals surface area contributed by atoms with E-state index < -0.39 is 0 Å². The van der Waals surface area contributed by atoms with Crippen molar-refractivity contribution >= 4 is 11.6 Å². The Morgan fingerprint density at radius 1 is 1.33 bits per heavy atom. The van der Waals surface area contributed by atoms with Gasteiger partial charge in [-0.1, -0.05) is 11.2 Å². The van der Waals surface area contributed by atoms with Gasteiger partial charge in [0, 0.05) is 0 Å². The fraction of sp³-hybridized carbons (Fsp3) is 0.231. The zero-order valence-electron chi connectivity index (χ0n) is 10.4. The first-order chi connectivity index (χ1) is 8.49. The molecule has 2 aromatic rings. The third-order valence-electron chi connectivity index (χ3n) is 2.66. The SMILES string of the molecule is Cc1ccc(NC(=O)c2c(C)noc2C)c(O)c1. The van der Waals surface area contributed by atoms with Crippen molar-refractivity contribution in [2.45, 2.75) is 20.8 Å². The minimum atomic E-state index is -0.342. The molecule has 1 aromatic heterocycles. The summed E-state index contributed by atoms with van der Waals surface area (Å²) < 4.78 is 4.93. The number of hydrogen-bond acceptors (Lipinski definition) is 4. The molecule has 0 atom stereocenters. The molecule has 2 rings (SSSR count). The van der Waals surface area contributed by atoms with E-state index in [1.54, 1.807) is 26.0 Å². The molecule has 5 heteroatoms. The number of aromatic hydroxyl groups is 1. The number of rotatable bonds is 2. The van der Waals surface area contributed by atoms with Crippen LogP contribution in [-0.2, 0) is 0 Å². The molecule has 0 saturated heterocycles. The molecular formula is C13H14N2O3. The van der Waals surface area contributed by atoms with Crippen molar-refractivity contribution in [2.24, 2.45) is 0 Å². The number of aryl methyl sites for hydroxylation is 3. The van der Waals surface area contributed by atoms with Gasteiger partial charge in [-0.05, 0) is 38.5 Å². The van der Waals surface area contributed by atoms with Crippen LogP contribution in [0.3, 0.4) is 0 Å². The molecule has 0 radical (unpaired) electrons. The third-order valence-corrected chi connectivity index (χ3v) is 2.66. The minimum Gasteiger partial charge on any atom is -0.506 e. The smallest absolute Gasteiger partial charge is 0.261 e. The molecule has 0 unspecified atom stereocenters. The van der Waals surface area contributed by atoms with Crippen molar-refractivity contribution in [2.75, 3.05) is 5.32 Å². The van der Waals surface area contributed by atoms with E-state index in [0.29, 0.717) is 22.7 Å². The van der Waals surface area contributed by atoms with Crippen molar-refractivity contribution in [3.8, 4) is 5.75 Å². The first-order valence-corrected chi connectivity index (χ1v) is 5.53. The number of phenols is 1. The van der Waals surface area contributed by atoms with Crippen LogP contribution < -0.4 is 5.32 Å². The highest BCUT2D eigenvalue weighted by molar-refractivity contribution is 6.06. The highest BCUT2D eigenvalue weighted by Crippen LogP contribution is 2.25. The Bertz CT molecular complexity index is 583. The summed E-state index contributed by atoms with van der Waals surface area (Å²) in [4.78, 5) is 12.0. The minimum absolute atomic E-state index is 0.0371. The number of hydrogen-bond donors (Lipinski definition) is 2. The van der Waals surface area contributed by atoms with Gasteiger partial charge in [0.15, 0.2) is 0 Å². The summed E-state index contributed by atoms with van der Waals surface area (Å²) in [5.74, 6) is 0.150. The standard InChI is InChI=1S/C13H14N2O3/c1-7-4-5-10(11(16)6-7)14-13(17)12-8(2)15-18-9(12)3/h4-6,16H,1-3H3,(H,14,17). The predicted molar refractivity (Wildman–Crippen MR) is 66.8 cm³/mol. The maximum absolute atomic E-state index is 12.0. The van der Waals surface area contributed by atoms with E-state index >= 15 is 0 Å². The summed E-state index contributed by atoms with van der Waals surface area (Å²) in [7, 11) is 0. The third kappa shape index (κ3) is 2.20. The van der Waals surface area contributed by atoms with Crippen LogP contribution in [-0.4, -0.2) is 16.2 Å². The lowest BCUT2D eigenvalue weighted by Crippen LogP contribution is -2.13. The molecule has 0 saturated carbocycles. The van der Waals surface area contributed by atoms with Gasteiger partial charge in [0.25, 0.3) is 5.91 Å². The summed E-state index contributed by atoms with van der Waals surface area (Å²) >= 11 is 0. The Kier molecular flexibility index (Phi) is 3.06. The second kappa shape index (κ2) is 4.52. The van der Waals surface area contributed by atoms with Gasteiger partial charge in [0.1, 0.15) is 17.1 Å². The van der Waals surface area contributed by atoms with E-state index in [0.717, 1.165) is 5.56 Å². The largest absolute Gasteiger partial charge is 0.506 e.